The summed E-state index contributed by atoms with van der Waals surface area (Å²) in [6.07, 6.45) is 1.71. The third-order valence-electron chi connectivity index (χ3n) is 4.08. The number of carbonyl (C=O) groups excluding carboxylic acids is 3. The zero-order valence-corrected chi connectivity index (χ0v) is 14.9. The number of pyridine rings is 1. The molecule has 0 radical (unpaired) electrons. The lowest BCUT2D eigenvalue weighted by Crippen LogP contribution is -2.47. The maximum Gasteiger partial charge on any atom is 0.309 e. The second kappa shape index (κ2) is 8.13. The van der Waals surface area contributed by atoms with E-state index < -0.39 is 29.6 Å². The molecule has 0 saturated carbocycles. The predicted molar refractivity (Wildman–Crippen MR) is 96.4 cm³/mol. The van der Waals surface area contributed by atoms with Crippen molar-refractivity contribution in [2.45, 2.75) is 19.0 Å². The summed E-state index contributed by atoms with van der Waals surface area (Å²) in [4.78, 5) is 41.6. The molecule has 2 heterocycles. The van der Waals surface area contributed by atoms with Crippen molar-refractivity contribution in [2.75, 3.05) is 11.4 Å². The average molecular weight is 391 g/mol. The summed E-state index contributed by atoms with van der Waals surface area (Å²) in [5, 5.41) is 5.26. The van der Waals surface area contributed by atoms with E-state index in [0.717, 1.165) is 0 Å². The first-order valence-electron chi connectivity index (χ1n) is 8.20. The molecule has 1 aliphatic heterocycles. The highest BCUT2D eigenvalue weighted by atomic mass is 35.5. The maximum atomic E-state index is 13.9. The van der Waals surface area contributed by atoms with Gasteiger partial charge in [-0.2, -0.15) is 0 Å². The number of anilines is 1. The molecule has 3 amide bonds. The molecular formula is C18H16ClFN4O3. The number of aromatic nitrogens is 1. The fourth-order valence-corrected chi connectivity index (χ4v) is 2.82. The molecule has 1 aliphatic rings. The topological polar surface area (TPSA) is 91.4 Å². The van der Waals surface area contributed by atoms with Gasteiger partial charge in [0, 0.05) is 12.7 Å². The highest BCUT2D eigenvalue weighted by Gasteiger charge is 2.35. The van der Waals surface area contributed by atoms with Crippen molar-refractivity contribution in [2.24, 2.45) is 0 Å². The number of amides is 3. The van der Waals surface area contributed by atoms with Gasteiger partial charge in [0.2, 0.25) is 5.91 Å². The molecule has 9 heteroatoms. The van der Waals surface area contributed by atoms with Crippen LogP contribution < -0.4 is 15.5 Å². The second-order valence-electron chi connectivity index (χ2n) is 5.91. The van der Waals surface area contributed by atoms with Crippen LogP contribution in [0.25, 0.3) is 0 Å². The molecule has 140 valence electrons. The average Bonchev–Trinajstić information content (AvgIpc) is 3.01. The minimum Gasteiger partial charge on any atom is -0.342 e. The number of carbonyl (C=O) groups is 3. The largest absolute Gasteiger partial charge is 0.342 e. The lowest BCUT2D eigenvalue weighted by molar-refractivity contribution is -0.140. The maximum absolute atomic E-state index is 13.9. The van der Waals surface area contributed by atoms with Crippen LogP contribution in [0.3, 0.4) is 0 Å². The Morgan fingerprint density at radius 3 is 2.70 bits per heavy atom. The Hall–Kier alpha value is -3.00. The second-order valence-corrected chi connectivity index (χ2v) is 6.34. The molecule has 1 unspecified atom stereocenters. The fourth-order valence-electron chi connectivity index (χ4n) is 2.71. The summed E-state index contributed by atoms with van der Waals surface area (Å²) < 4.78 is 13.9. The number of nitrogens with zero attached hydrogens (tertiary/aromatic N) is 2. The smallest absolute Gasteiger partial charge is 0.309 e. The number of hydrogen-bond acceptors (Lipinski definition) is 4. The van der Waals surface area contributed by atoms with Crippen molar-refractivity contribution in [3.05, 3.63) is 59.1 Å². The van der Waals surface area contributed by atoms with Gasteiger partial charge in [0.1, 0.15) is 11.9 Å². The Morgan fingerprint density at radius 1 is 1.22 bits per heavy atom. The Bertz CT molecular complexity index is 875. The fraction of sp³-hybridized carbons (Fsp3) is 0.222. The lowest BCUT2D eigenvalue weighted by Gasteiger charge is -2.17. The molecule has 27 heavy (non-hydrogen) atoms. The Kier molecular flexibility index (Phi) is 5.66. The van der Waals surface area contributed by atoms with Gasteiger partial charge in [-0.15, -0.1) is 0 Å². The number of benzene rings is 1. The van der Waals surface area contributed by atoms with E-state index >= 15 is 0 Å². The van der Waals surface area contributed by atoms with Gasteiger partial charge in [0.05, 0.1) is 22.9 Å². The van der Waals surface area contributed by atoms with Crippen LogP contribution in [0.4, 0.5) is 10.1 Å². The Labute approximate surface area is 159 Å². The van der Waals surface area contributed by atoms with Crippen LogP contribution >= 0.6 is 11.6 Å². The Balaban J connectivity index is 1.54. The normalized spacial score (nSPS) is 16.3. The number of halogens is 2. The van der Waals surface area contributed by atoms with Gasteiger partial charge in [-0.1, -0.05) is 23.7 Å². The molecule has 7 nitrogen and oxygen atoms in total. The number of rotatable bonds is 4. The van der Waals surface area contributed by atoms with Gasteiger partial charge in [-0.25, -0.2) is 4.39 Å². The molecule has 1 fully saturated rings. The third-order valence-corrected chi connectivity index (χ3v) is 4.30. The van der Waals surface area contributed by atoms with Gasteiger partial charge < -0.3 is 15.5 Å². The number of hydrogen-bond donors (Lipinski definition) is 2. The first-order valence-corrected chi connectivity index (χ1v) is 8.58. The monoisotopic (exact) mass is 390 g/mol. The van der Waals surface area contributed by atoms with E-state index in [1.807, 2.05) is 0 Å². The Morgan fingerprint density at radius 2 is 2.00 bits per heavy atom. The van der Waals surface area contributed by atoms with E-state index in [9.17, 15) is 18.8 Å². The summed E-state index contributed by atoms with van der Waals surface area (Å²) in [5.74, 6) is -2.80. The molecule has 2 N–H and O–H groups in total. The van der Waals surface area contributed by atoms with Crippen LogP contribution in [-0.2, 0) is 20.9 Å². The van der Waals surface area contributed by atoms with E-state index in [1.165, 1.54) is 29.3 Å². The van der Waals surface area contributed by atoms with Crippen LogP contribution in [0.1, 0.15) is 12.1 Å². The zero-order valence-electron chi connectivity index (χ0n) is 14.1. The van der Waals surface area contributed by atoms with Crippen molar-refractivity contribution in [3.63, 3.8) is 0 Å². The molecule has 1 atom stereocenters. The van der Waals surface area contributed by atoms with Crippen molar-refractivity contribution < 1.29 is 18.8 Å². The van der Waals surface area contributed by atoms with E-state index in [-0.39, 0.29) is 25.2 Å². The lowest BCUT2D eigenvalue weighted by atomic mass is 10.2. The van der Waals surface area contributed by atoms with Gasteiger partial charge in [-0.05, 0) is 30.7 Å². The quantitative estimate of drug-likeness (QED) is 0.772. The van der Waals surface area contributed by atoms with Crippen LogP contribution in [-0.4, -0.2) is 35.3 Å². The van der Waals surface area contributed by atoms with Gasteiger partial charge in [0.15, 0.2) is 0 Å². The molecule has 2 aromatic rings. The molecule has 0 aliphatic carbocycles. The molecule has 1 saturated heterocycles. The van der Waals surface area contributed by atoms with Crippen molar-refractivity contribution >= 4 is 35.0 Å². The minimum atomic E-state index is -0.933. The molecular weight excluding hydrogens is 375 g/mol. The SMILES string of the molecule is O=C(NCc1ccc(Cl)cn1)C(=O)NC1CCN(c2ccccc2F)C1=O. The van der Waals surface area contributed by atoms with Crippen LogP contribution in [0.15, 0.2) is 42.6 Å². The highest BCUT2D eigenvalue weighted by molar-refractivity contribution is 6.35. The molecule has 0 spiro atoms. The first kappa shape index (κ1) is 18.8. The summed E-state index contributed by atoms with van der Waals surface area (Å²) in [6, 6.07) is 8.25. The van der Waals surface area contributed by atoms with E-state index in [0.29, 0.717) is 10.7 Å². The van der Waals surface area contributed by atoms with Crippen molar-refractivity contribution in [1.29, 1.82) is 0 Å². The van der Waals surface area contributed by atoms with E-state index in [1.54, 1.807) is 18.2 Å². The predicted octanol–water partition coefficient (Wildman–Crippen LogP) is 1.41. The first-order chi connectivity index (χ1) is 13.0. The minimum absolute atomic E-state index is 0.0450. The van der Waals surface area contributed by atoms with E-state index in [2.05, 4.69) is 15.6 Å². The van der Waals surface area contributed by atoms with Crippen LogP contribution in [0.5, 0.6) is 0 Å². The summed E-state index contributed by atoms with van der Waals surface area (Å²) in [6.45, 7) is 0.296. The number of nitrogens with one attached hydrogen (secondary N) is 2. The molecule has 1 aromatic carbocycles. The summed E-state index contributed by atoms with van der Waals surface area (Å²) >= 11 is 5.73. The van der Waals surface area contributed by atoms with Crippen LogP contribution in [0, 0.1) is 5.82 Å². The highest BCUT2D eigenvalue weighted by Crippen LogP contribution is 2.24. The van der Waals surface area contributed by atoms with Crippen molar-refractivity contribution in [3.8, 4) is 0 Å². The summed E-state index contributed by atoms with van der Waals surface area (Å²) in [5.41, 5.74) is 0.681. The zero-order chi connectivity index (χ0) is 19.4. The molecule has 0 bridgehead atoms. The third kappa shape index (κ3) is 4.40. The van der Waals surface area contributed by atoms with Gasteiger partial charge >= 0.3 is 11.8 Å². The standard InChI is InChI=1S/C18H16ClFN4O3/c19-11-5-6-12(21-9-11)10-22-16(25)17(26)23-14-7-8-24(18(14)27)15-4-2-1-3-13(15)20/h1-6,9,14H,7-8,10H2,(H,22,25)(H,23,26). The van der Waals surface area contributed by atoms with E-state index in [4.69, 9.17) is 11.6 Å². The van der Waals surface area contributed by atoms with Gasteiger partial charge in [0.25, 0.3) is 0 Å². The van der Waals surface area contributed by atoms with Crippen molar-refractivity contribution in [1.82, 2.24) is 15.6 Å². The summed E-state index contributed by atoms with van der Waals surface area (Å²) in [7, 11) is 0. The molecule has 1 aromatic heterocycles. The number of para-hydroxylation sites is 1. The molecule has 3 rings (SSSR count). The van der Waals surface area contributed by atoms with Gasteiger partial charge in [-0.3, -0.25) is 19.4 Å². The van der Waals surface area contributed by atoms with Crippen LogP contribution in [0.2, 0.25) is 5.02 Å².